The fourth-order valence-corrected chi connectivity index (χ4v) is 1.64. The Hall–Kier alpha value is -0.0800. The second-order valence-electron chi connectivity index (χ2n) is 3.71. The van der Waals surface area contributed by atoms with E-state index in [4.69, 9.17) is 11.6 Å². The minimum atomic E-state index is 0.000856. The molecule has 66 valence electrons. The molecule has 1 rings (SSSR count). The van der Waals surface area contributed by atoms with Gasteiger partial charge in [-0.15, -0.1) is 0 Å². The Morgan fingerprint density at radius 3 is 2.33 bits per heavy atom. The molecular weight excluding hydrogens is 237 g/mol. The van der Waals surface area contributed by atoms with Gasteiger partial charge < -0.3 is 0 Å². The first-order valence-corrected chi connectivity index (χ1v) is 4.91. The first-order valence-electron chi connectivity index (χ1n) is 3.74. The molecule has 0 unspecified atom stereocenters. The van der Waals surface area contributed by atoms with Crippen LogP contribution in [0, 0.1) is 0 Å². The molecule has 12 heavy (non-hydrogen) atoms. The highest BCUT2D eigenvalue weighted by atomic mass is 79.9. The molecule has 0 N–H and O–H groups in total. The highest BCUT2D eigenvalue weighted by molar-refractivity contribution is 9.10. The summed E-state index contributed by atoms with van der Waals surface area (Å²) in [5.74, 6) is 0. The standard InChI is InChI=1S/C9H11BrClN/c1-9(2,3)8-6(11)4-5-7(10)12-8/h4-5H,1-3H3. The van der Waals surface area contributed by atoms with Crippen LogP contribution in [0.1, 0.15) is 26.5 Å². The molecule has 0 aliphatic rings. The summed E-state index contributed by atoms with van der Waals surface area (Å²) in [6.45, 7) is 6.27. The van der Waals surface area contributed by atoms with E-state index < -0.39 is 0 Å². The van der Waals surface area contributed by atoms with Gasteiger partial charge in [0, 0.05) is 5.41 Å². The van der Waals surface area contributed by atoms with Gasteiger partial charge in [-0.05, 0) is 28.1 Å². The lowest BCUT2D eigenvalue weighted by Gasteiger charge is -2.18. The van der Waals surface area contributed by atoms with Gasteiger partial charge in [-0.1, -0.05) is 32.4 Å². The Morgan fingerprint density at radius 1 is 1.33 bits per heavy atom. The van der Waals surface area contributed by atoms with Crippen molar-refractivity contribution < 1.29 is 0 Å². The van der Waals surface area contributed by atoms with Crippen molar-refractivity contribution in [2.45, 2.75) is 26.2 Å². The van der Waals surface area contributed by atoms with Crippen molar-refractivity contribution in [1.82, 2.24) is 4.98 Å². The quantitative estimate of drug-likeness (QED) is 0.637. The molecule has 3 heteroatoms. The summed E-state index contributed by atoms with van der Waals surface area (Å²) in [5.41, 5.74) is 0.930. The second-order valence-corrected chi connectivity index (χ2v) is 4.93. The largest absolute Gasteiger partial charge is 0.244 e. The molecule has 1 aromatic rings. The van der Waals surface area contributed by atoms with Crippen molar-refractivity contribution in [2.24, 2.45) is 0 Å². The lowest BCUT2D eigenvalue weighted by Crippen LogP contribution is -2.14. The zero-order valence-electron chi connectivity index (χ0n) is 7.36. The number of halogens is 2. The van der Waals surface area contributed by atoms with E-state index in [1.165, 1.54) is 0 Å². The van der Waals surface area contributed by atoms with Crippen LogP contribution < -0.4 is 0 Å². The fourth-order valence-electron chi connectivity index (χ4n) is 0.944. The first-order chi connectivity index (χ1) is 5.41. The predicted molar refractivity (Wildman–Crippen MR) is 55.6 cm³/mol. The van der Waals surface area contributed by atoms with E-state index in [0.29, 0.717) is 0 Å². The number of pyridine rings is 1. The zero-order chi connectivity index (χ0) is 9.35. The molecule has 0 amide bonds. The molecule has 0 bridgehead atoms. The van der Waals surface area contributed by atoms with E-state index >= 15 is 0 Å². The molecule has 0 atom stereocenters. The molecule has 0 aliphatic carbocycles. The van der Waals surface area contributed by atoms with E-state index in [2.05, 4.69) is 41.7 Å². The Bertz CT molecular complexity index is 291. The van der Waals surface area contributed by atoms with Crippen LogP contribution in [0.3, 0.4) is 0 Å². The molecular formula is C9H11BrClN. The maximum Gasteiger partial charge on any atom is 0.106 e. The van der Waals surface area contributed by atoms with Crippen LogP contribution in [-0.2, 0) is 5.41 Å². The second kappa shape index (κ2) is 3.35. The van der Waals surface area contributed by atoms with Gasteiger partial charge in [0.05, 0.1) is 10.7 Å². The third kappa shape index (κ3) is 2.20. The molecule has 0 radical (unpaired) electrons. The fraction of sp³-hybridized carbons (Fsp3) is 0.444. The molecule has 1 aromatic heterocycles. The highest BCUT2D eigenvalue weighted by Gasteiger charge is 2.18. The van der Waals surface area contributed by atoms with Crippen LogP contribution in [-0.4, -0.2) is 4.98 Å². The SMILES string of the molecule is CC(C)(C)c1nc(Br)ccc1Cl. The summed E-state index contributed by atoms with van der Waals surface area (Å²) in [7, 11) is 0. The van der Waals surface area contributed by atoms with E-state index in [0.717, 1.165) is 15.3 Å². The van der Waals surface area contributed by atoms with Gasteiger partial charge in [-0.2, -0.15) is 0 Å². The Kier molecular flexibility index (Phi) is 2.79. The monoisotopic (exact) mass is 247 g/mol. The lowest BCUT2D eigenvalue weighted by atomic mass is 9.92. The van der Waals surface area contributed by atoms with E-state index in [1.807, 2.05) is 12.1 Å². The normalized spacial score (nSPS) is 11.8. The van der Waals surface area contributed by atoms with Crippen molar-refractivity contribution in [3.63, 3.8) is 0 Å². The molecule has 0 aliphatic heterocycles. The summed E-state index contributed by atoms with van der Waals surface area (Å²) >= 11 is 9.32. The summed E-state index contributed by atoms with van der Waals surface area (Å²) in [6, 6.07) is 3.71. The van der Waals surface area contributed by atoms with Crippen molar-refractivity contribution in [1.29, 1.82) is 0 Å². The Balaban J connectivity index is 3.23. The minimum absolute atomic E-state index is 0.000856. The van der Waals surface area contributed by atoms with Crippen LogP contribution in [0.2, 0.25) is 5.02 Å². The van der Waals surface area contributed by atoms with Crippen LogP contribution in [0.25, 0.3) is 0 Å². The summed E-state index contributed by atoms with van der Waals surface area (Å²) in [6.07, 6.45) is 0. The number of hydrogen-bond donors (Lipinski definition) is 0. The van der Waals surface area contributed by atoms with E-state index in [1.54, 1.807) is 0 Å². The van der Waals surface area contributed by atoms with Crippen molar-refractivity contribution >= 4 is 27.5 Å². The number of nitrogens with zero attached hydrogens (tertiary/aromatic N) is 1. The van der Waals surface area contributed by atoms with Gasteiger partial charge in [-0.25, -0.2) is 4.98 Å². The van der Waals surface area contributed by atoms with Gasteiger partial charge in [0.2, 0.25) is 0 Å². The highest BCUT2D eigenvalue weighted by Crippen LogP contribution is 2.28. The smallest absolute Gasteiger partial charge is 0.106 e. The zero-order valence-corrected chi connectivity index (χ0v) is 9.70. The van der Waals surface area contributed by atoms with Gasteiger partial charge in [-0.3, -0.25) is 0 Å². The average Bonchev–Trinajstić information content (AvgIpc) is 1.92. The van der Waals surface area contributed by atoms with Crippen LogP contribution in [0.5, 0.6) is 0 Å². The van der Waals surface area contributed by atoms with Crippen molar-refractivity contribution in [3.8, 4) is 0 Å². The van der Waals surface area contributed by atoms with Gasteiger partial charge >= 0.3 is 0 Å². The number of hydrogen-bond acceptors (Lipinski definition) is 1. The third-order valence-corrected chi connectivity index (χ3v) is 2.27. The molecule has 1 heterocycles. The van der Waals surface area contributed by atoms with Crippen LogP contribution in [0.15, 0.2) is 16.7 Å². The topological polar surface area (TPSA) is 12.9 Å². The Morgan fingerprint density at radius 2 is 1.92 bits per heavy atom. The maximum absolute atomic E-state index is 6.00. The van der Waals surface area contributed by atoms with Gasteiger partial charge in [0.15, 0.2) is 0 Å². The predicted octanol–water partition coefficient (Wildman–Crippen LogP) is 3.80. The van der Waals surface area contributed by atoms with Crippen molar-refractivity contribution in [2.75, 3.05) is 0 Å². The molecule has 0 saturated carbocycles. The molecule has 0 saturated heterocycles. The number of aromatic nitrogens is 1. The average molecular weight is 249 g/mol. The molecule has 1 nitrogen and oxygen atoms in total. The minimum Gasteiger partial charge on any atom is -0.244 e. The summed E-state index contributed by atoms with van der Waals surface area (Å²) in [4.78, 5) is 4.33. The first kappa shape index (κ1) is 10.0. The van der Waals surface area contributed by atoms with Crippen LogP contribution >= 0.6 is 27.5 Å². The number of rotatable bonds is 0. The Labute approximate surface area is 86.3 Å². The van der Waals surface area contributed by atoms with Gasteiger partial charge in [0.25, 0.3) is 0 Å². The van der Waals surface area contributed by atoms with E-state index in [9.17, 15) is 0 Å². The van der Waals surface area contributed by atoms with Gasteiger partial charge in [0.1, 0.15) is 4.60 Å². The van der Waals surface area contributed by atoms with E-state index in [-0.39, 0.29) is 5.41 Å². The third-order valence-electron chi connectivity index (χ3n) is 1.52. The van der Waals surface area contributed by atoms with Crippen molar-refractivity contribution in [3.05, 3.63) is 27.5 Å². The lowest BCUT2D eigenvalue weighted by molar-refractivity contribution is 0.568. The van der Waals surface area contributed by atoms with Crippen LogP contribution in [0.4, 0.5) is 0 Å². The summed E-state index contributed by atoms with van der Waals surface area (Å²) in [5, 5.41) is 0.728. The summed E-state index contributed by atoms with van der Waals surface area (Å²) < 4.78 is 0.830. The molecule has 0 spiro atoms. The molecule has 0 fully saturated rings. The maximum atomic E-state index is 6.00. The molecule has 0 aromatic carbocycles.